The third kappa shape index (κ3) is 4.17. The molecule has 1 rings (SSSR count). The fourth-order valence-electron chi connectivity index (χ4n) is 1.62. The van der Waals surface area contributed by atoms with Crippen LogP contribution in [0.3, 0.4) is 0 Å². The molecule has 0 fully saturated rings. The van der Waals surface area contributed by atoms with Crippen LogP contribution < -0.4 is 4.74 Å². The second kappa shape index (κ2) is 7.58. The molecule has 0 aliphatic heterocycles. The Morgan fingerprint density at radius 2 is 1.90 bits per heavy atom. The minimum Gasteiger partial charge on any atom is -0.491 e. The van der Waals surface area contributed by atoms with Gasteiger partial charge in [-0.3, -0.25) is 0 Å². The molecular weight excluding hydrogens is 282 g/mol. The maximum atomic E-state index is 12.4. The van der Waals surface area contributed by atoms with Crippen molar-refractivity contribution in [1.82, 2.24) is 4.31 Å². The highest BCUT2D eigenvalue weighted by Crippen LogP contribution is 2.20. The largest absolute Gasteiger partial charge is 0.491 e. The molecule has 6 nitrogen and oxygen atoms in total. The van der Waals surface area contributed by atoms with Crippen LogP contribution in [0.15, 0.2) is 29.2 Å². The van der Waals surface area contributed by atoms with Crippen LogP contribution in [0, 0.1) is 0 Å². The lowest BCUT2D eigenvalue weighted by molar-refractivity contribution is 0.149. The Morgan fingerprint density at radius 1 is 1.30 bits per heavy atom. The highest BCUT2D eigenvalue weighted by molar-refractivity contribution is 7.89. The topological polar surface area (TPSA) is 76.1 Å². The van der Waals surface area contributed by atoms with Gasteiger partial charge >= 0.3 is 0 Å². The van der Waals surface area contributed by atoms with Crippen molar-refractivity contribution < 1.29 is 23.0 Å². The van der Waals surface area contributed by atoms with Gasteiger partial charge in [-0.05, 0) is 31.2 Å². The second-order valence-corrected chi connectivity index (χ2v) is 6.37. The molecule has 1 atom stereocenters. The molecule has 0 aliphatic carbocycles. The summed E-state index contributed by atoms with van der Waals surface area (Å²) < 4.78 is 36.2. The van der Waals surface area contributed by atoms with Crippen LogP contribution in [0.25, 0.3) is 0 Å². The lowest BCUT2D eigenvalue weighted by Crippen LogP contribution is -2.37. The maximum Gasteiger partial charge on any atom is 0.243 e. The summed E-state index contributed by atoms with van der Waals surface area (Å²) in [5, 5.41) is 8.66. The van der Waals surface area contributed by atoms with E-state index in [1.54, 1.807) is 19.1 Å². The van der Waals surface area contributed by atoms with Crippen molar-refractivity contribution >= 4 is 10.0 Å². The predicted octanol–water partition coefficient (Wildman–Crippen LogP) is 0.713. The normalized spacial score (nSPS) is 13.4. The van der Waals surface area contributed by atoms with Crippen molar-refractivity contribution in [3.05, 3.63) is 24.3 Å². The molecule has 1 N–H and O–H groups in total. The van der Waals surface area contributed by atoms with Gasteiger partial charge in [0.15, 0.2) is 0 Å². The van der Waals surface area contributed by atoms with E-state index in [1.165, 1.54) is 30.6 Å². The SMILES string of the molecule is COCC(C)N(C)S(=O)(=O)c1ccc(OCCO)cc1. The van der Waals surface area contributed by atoms with Crippen LogP contribution in [0.2, 0.25) is 0 Å². The van der Waals surface area contributed by atoms with E-state index in [0.29, 0.717) is 12.4 Å². The molecule has 7 heteroatoms. The number of likely N-dealkylation sites (N-methyl/N-ethyl adjacent to an activating group) is 1. The number of aliphatic hydroxyl groups excluding tert-OH is 1. The number of nitrogens with zero attached hydrogens (tertiary/aromatic N) is 1. The molecule has 0 radical (unpaired) electrons. The van der Waals surface area contributed by atoms with Crippen LogP contribution in [0.4, 0.5) is 0 Å². The minimum atomic E-state index is -3.55. The molecule has 0 spiro atoms. The van der Waals surface area contributed by atoms with Gasteiger partial charge in [-0.1, -0.05) is 0 Å². The third-order valence-corrected chi connectivity index (χ3v) is 4.88. The zero-order valence-corrected chi connectivity index (χ0v) is 12.8. The van der Waals surface area contributed by atoms with Gasteiger partial charge < -0.3 is 14.6 Å². The van der Waals surface area contributed by atoms with Crippen molar-refractivity contribution in [1.29, 1.82) is 0 Å². The summed E-state index contributed by atoms with van der Waals surface area (Å²) in [6.07, 6.45) is 0. The average molecular weight is 303 g/mol. The van der Waals surface area contributed by atoms with E-state index < -0.39 is 10.0 Å². The van der Waals surface area contributed by atoms with E-state index in [4.69, 9.17) is 14.6 Å². The first-order chi connectivity index (χ1) is 9.43. The number of methoxy groups -OCH3 is 1. The van der Waals surface area contributed by atoms with Gasteiger partial charge in [-0.15, -0.1) is 0 Å². The molecule has 0 aliphatic rings. The van der Waals surface area contributed by atoms with E-state index >= 15 is 0 Å². The van der Waals surface area contributed by atoms with Crippen molar-refractivity contribution in [2.24, 2.45) is 0 Å². The van der Waals surface area contributed by atoms with Crippen LogP contribution in [-0.4, -0.2) is 57.8 Å². The van der Waals surface area contributed by atoms with E-state index in [1.807, 2.05) is 0 Å². The van der Waals surface area contributed by atoms with Crippen LogP contribution >= 0.6 is 0 Å². The molecular formula is C13H21NO5S. The zero-order chi connectivity index (χ0) is 15.2. The van der Waals surface area contributed by atoms with E-state index in [-0.39, 0.29) is 24.2 Å². The second-order valence-electron chi connectivity index (χ2n) is 4.37. The summed E-state index contributed by atoms with van der Waals surface area (Å²) >= 11 is 0. The van der Waals surface area contributed by atoms with Crippen molar-refractivity contribution in [3.63, 3.8) is 0 Å². The van der Waals surface area contributed by atoms with Gasteiger partial charge in [-0.25, -0.2) is 8.42 Å². The first-order valence-electron chi connectivity index (χ1n) is 6.24. The van der Waals surface area contributed by atoms with Crippen molar-refractivity contribution in [2.75, 3.05) is 34.0 Å². The van der Waals surface area contributed by atoms with E-state index in [9.17, 15) is 8.42 Å². The van der Waals surface area contributed by atoms with Gasteiger partial charge in [0.05, 0.1) is 18.1 Å². The molecule has 0 amide bonds. The minimum absolute atomic E-state index is 0.0860. The van der Waals surface area contributed by atoms with Gasteiger partial charge in [0, 0.05) is 20.2 Å². The van der Waals surface area contributed by atoms with Crippen molar-refractivity contribution in [2.45, 2.75) is 17.9 Å². The quantitative estimate of drug-likeness (QED) is 0.765. The number of aliphatic hydroxyl groups is 1. The summed E-state index contributed by atoms with van der Waals surface area (Å²) in [6, 6.07) is 5.85. The Kier molecular flexibility index (Phi) is 6.41. The van der Waals surface area contributed by atoms with Crippen LogP contribution in [0.1, 0.15) is 6.92 Å². The molecule has 0 heterocycles. The Balaban J connectivity index is 2.87. The summed E-state index contributed by atoms with van der Waals surface area (Å²) in [7, 11) is -0.494. The number of rotatable bonds is 8. The first kappa shape index (κ1) is 16.9. The lowest BCUT2D eigenvalue weighted by atomic mass is 10.3. The summed E-state index contributed by atoms with van der Waals surface area (Å²) in [5.41, 5.74) is 0. The third-order valence-electron chi connectivity index (χ3n) is 2.89. The Bertz CT molecular complexity index is 500. The first-order valence-corrected chi connectivity index (χ1v) is 7.68. The number of sulfonamides is 1. The maximum absolute atomic E-state index is 12.4. The molecule has 0 saturated carbocycles. The number of ether oxygens (including phenoxy) is 2. The monoisotopic (exact) mass is 303 g/mol. The average Bonchev–Trinajstić information content (AvgIpc) is 2.45. The molecule has 1 aromatic rings. The summed E-state index contributed by atoms with van der Waals surface area (Å²) in [4.78, 5) is 0.194. The number of benzene rings is 1. The van der Waals surface area contributed by atoms with Crippen molar-refractivity contribution in [3.8, 4) is 5.75 Å². The van der Waals surface area contributed by atoms with Gasteiger partial charge in [-0.2, -0.15) is 4.31 Å². The molecule has 0 saturated heterocycles. The van der Waals surface area contributed by atoms with Gasteiger partial charge in [0.2, 0.25) is 10.0 Å². The Labute approximate surface area is 120 Å². The highest BCUT2D eigenvalue weighted by atomic mass is 32.2. The number of hydrogen-bond acceptors (Lipinski definition) is 5. The van der Waals surface area contributed by atoms with Gasteiger partial charge in [0.1, 0.15) is 12.4 Å². The summed E-state index contributed by atoms with van der Waals surface area (Å²) in [5.74, 6) is 0.519. The molecule has 0 aromatic heterocycles. The van der Waals surface area contributed by atoms with Gasteiger partial charge in [0.25, 0.3) is 0 Å². The molecule has 20 heavy (non-hydrogen) atoms. The Morgan fingerprint density at radius 3 is 2.40 bits per heavy atom. The lowest BCUT2D eigenvalue weighted by Gasteiger charge is -2.23. The standard InChI is InChI=1S/C13H21NO5S/c1-11(10-18-3)14(2)20(16,17)13-6-4-12(5-7-13)19-9-8-15/h4-7,11,15H,8-10H2,1-3H3. The van der Waals surface area contributed by atoms with Crippen LogP contribution in [0.5, 0.6) is 5.75 Å². The zero-order valence-electron chi connectivity index (χ0n) is 11.9. The molecule has 0 bridgehead atoms. The fourth-order valence-corrected chi connectivity index (χ4v) is 2.97. The van der Waals surface area contributed by atoms with Crippen LogP contribution in [-0.2, 0) is 14.8 Å². The highest BCUT2D eigenvalue weighted by Gasteiger charge is 2.25. The summed E-state index contributed by atoms with van der Waals surface area (Å²) in [6.45, 7) is 2.20. The number of hydrogen-bond donors (Lipinski definition) is 1. The molecule has 114 valence electrons. The Hall–Kier alpha value is -1.15. The van der Waals surface area contributed by atoms with E-state index in [0.717, 1.165) is 0 Å². The predicted molar refractivity (Wildman–Crippen MR) is 75.3 cm³/mol. The molecule has 1 unspecified atom stereocenters. The smallest absolute Gasteiger partial charge is 0.243 e. The molecule has 1 aromatic carbocycles. The fraction of sp³-hybridized carbons (Fsp3) is 0.538. The van der Waals surface area contributed by atoms with E-state index in [2.05, 4.69) is 0 Å².